The maximum Gasteiger partial charge on any atom is 0.223 e. The second-order valence-electron chi connectivity index (χ2n) is 7.34. The molecule has 148 valence electrons. The van der Waals surface area contributed by atoms with E-state index in [-0.39, 0.29) is 16.9 Å². The third-order valence-electron chi connectivity index (χ3n) is 5.46. The van der Waals surface area contributed by atoms with Crippen molar-refractivity contribution in [3.63, 3.8) is 0 Å². The number of nitrogens with zero attached hydrogens (tertiary/aromatic N) is 2. The molecule has 1 aromatic carbocycles. The van der Waals surface area contributed by atoms with Gasteiger partial charge in [-0.15, -0.1) is 11.3 Å². The lowest BCUT2D eigenvalue weighted by Gasteiger charge is -2.21. The van der Waals surface area contributed by atoms with Crippen molar-refractivity contribution in [1.82, 2.24) is 15.3 Å². The molecule has 0 spiro atoms. The number of carbonyl (C=O) groups is 2. The normalized spacial score (nSPS) is 17.8. The molecule has 2 N–H and O–H groups in total. The van der Waals surface area contributed by atoms with Gasteiger partial charge in [0.2, 0.25) is 5.91 Å². The summed E-state index contributed by atoms with van der Waals surface area (Å²) < 4.78 is 0. The van der Waals surface area contributed by atoms with Crippen LogP contribution in [0.3, 0.4) is 0 Å². The fourth-order valence-corrected chi connectivity index (χ4v) is 6.27. The first kappa shape index (κ1) is 18.6. The third kappa shape index (κ3) is 3.40. The van der Waals surface area contributed by atoms with E-state index in [1.54, 1.807) is 17.7 Å². The molecule has 5 rings (SSSR count). The molecular weight excluding hydrogens is 404 g/mol. The Hall–Kier alpha value is -2.45. The van der Waals surface area contributed by atoms with E-state index in [0.29, 0.717) is 13.0 Å². The number of benzene rings is 1. The smallest absolute Gasteiger partial charge is 0.223 e. The standard InChI is InChI=1S/C21H20N4O2S2/c1-2-22-20(27)12-4-6-14-16(7-12)29-21-18(14)19(23-10-24-21)25-13-5-3-11-8-17(26)28-15(11)9-13/h3,5,9-10,12H,2,4,6-8H2,1H3,(H,22,27)(H,23,24,25). The largest absolute Gasteiger partial charge is 0.356 e. The summed E-state index contributed by atoms with van der Waals surface area (Å²) in [4.78, 5) is 36.1. The monoisotopic (exact) mass is 424 g/mol. The highest BCUT2D eigenvalue weighted by molar-refractivity contribution is 8.14. The van der Waals surface area contributed by atoms with Crippen molar-refractivity contribution in [2.75, 3.05) is 11.9 Å². The average Bonchev–Trinajstić information content (AvgIpc) is 3.26. The highest BCUT2D eigenvalue weighted by Crippen LogP contribution is 2.41. The Morgan fingerprint density at radius 3 is 3.07 bits per heavy atom. The summed E-state index contributed by atoms with van der Waals surface area (Å²) in [5, 5.41) is 7.63. The Balaban J connectivity index is 1.47. The number of anilines is 2. The predicted octanol–water partition coefficient (Wildman–Crippen LogP) is 3.85. The van der Waals surface area contributed by atoms with E-state index in [9.17, 15) is 9.59 Å². The number of aryl methyl sites for hydroxylation is 1. The molecule has 2 aliphatic rings. The molecule has 1 aliphatic heterocycles. The number of rotatable bonds is 4. The quantitative estimate of drug-likeness (QED) is 0.662. The van der Waals surface area contributed by atoms with Crippen molar-refractivity contribution in [2.24, 2.45) is 5.92 Å². The maximum absolute atomic E-state index is 12.3. The van der Waals surface area contributed by atoms with Crippen LogP contribution >= 0.6 is 23.1 Å². The number of aromatic nitrogens is 2. The molecule has 0 saturated carbocycles. The summed E-state index contributed by atoms with van der Waals surface area (Å²) in [6.45, 7) is 2.62. The zero-order valence-electron chi connectivity index (χ0n) is 15.9. The fraction of sp³-hybridized carbons (Fsp3) is 0.333. The van der Waals surface area contributed by atoms with Crippen LogP contribution in [0.15, 0.2) is 29.4 Å². The van der Waals surface area contributed by atoms with E-state index < -0.39 is 0 Å². The molecule has 3 heterocycles. The molecule has 2 aromatic heterocycles. The summed E-state index contributed by atoms with van der Waals surface area (Å²) in [5.41, 5.74) is 3.27. The zero-order valence-corrected chi connectivity index (χ0v) is 17.6. The Bertz CT molecular complexity index is 1140. The first-order chi connectivity index (χ1) is 14.1. The number of amides is 1. The van der Waals surface area contributed by atoms with Gasteiger partial charge in [-0.3, -0.25) is 9.59 Å². The average molecular weight is 425 g/mol. The van der Waals surface area contributed by atoms with Crippen LogP contribution in [-0.2, 0) is 28.9 Å². The molecule has 0 radical (unpaired) electrons. The van der Waals surface area contributed by atoms with Gasteiger partial charge in [0.25, 0.3) is 0 Å². The van der Waals surface area contributed by atoms with Crippen LogP contribution in [0.2, 0.25) is 0 Å². The Morgan fingerprint density at radius 2 is 2.21 bits per heavy atom. The summed E-state index contributed by atoms with van der Waals surface area (Å²) in [6.07, 6.45) is 4.55. The molecule has 1 aliphatic carbocycles. The molecule has 1 amide bonds. The summed E-state index contributed by atoms with van der Waals surface area (Å²) in [6, 6.07) is 6.02. The Labute approximate surface area is 176 Å². The van der Waals surface area contributed by atoms with Crippen molar-refractivity contribution < 1.29 is 9.59 Å². The second-order valence-corrected chi connectivity index (χ2v) is 9.52. The van der Waals surface area contributed by atoms with Gasteiger partial charge in [0.15, 0.2) is 5.12 Å². The van der Waals surface area contributed by atoms with Crippen LogP contribution in [0.4, 0.5) is 11.5 Å². The van der Waals surface area contributed by atoms with Crippen molar-refractivity contribution in [1.29, 1.82) is 0 Å². The van der Waals surface area contributed by atoms with E-state index in [1.165, 1.54) is 22.2 Å². The highest BCUT2D eigenvalue weighted by atomic mass is 32.2. The molecule has 0 bridgehead atoms. The number of hydrogen-bond donors (Lipinski definition) is 2. The van der Waals surface area contributed by atoms with E-state index in [1.807, 2.05) is 25.1 Å². The highest BCUT2D eigenvalue weighted by Gasteiger charge is 2.29. The van der Waals surface area contributed by atoms with Crippen LogP contribution in [0.1, 0.15) is 29.3 Å². The van der Waals surface area contributed by atoms with Crippen LogP contribution in [-0.4, -0.2) is 27.5 Å². The van der Waals surface area contributed by atoms with Gasteiger partial charge in [-0.25, -0.2) is 9.97 Å². The van der Waals surface area contributed by atoms with Crippen LogP contribution in [0.5, 0.6) is 0 Å². The topological polar surface area (TPSA) is 84.0 Å². The number of carbonyl (C=O) groups excluding carboxylic acids is 2. The second kappa shape index (κ2) is 7.42. The minimum absolute atomic E-state index is 0.0335. The van der Waals surface area contributed by atoms with Gasteiger partial charge >= 0.3 is 0 Å². The summed E-state index contributed by atoms with van der Waals surface area (Å²) >= 11 is 2.97. The van der Waals surface area contributed by atoms with Crippen LogP contribution in [0, 0.1) is 5.92 Å². The lowest BCUT2D eigenvalue weighted by atomic mass is 9.87. The molecule has 1 atom stereocenters. The fourth-order valence-electron chi connectivity index (χ4n) is 4.07. The number of thiophene rings is 1. The van der Waals surface area contributed by atoms with Crippen molar-refractivity contribution in [2.45, 2.75) is 37.5 Å². The van der Waals surface area contributed by atoms with Gasteiger partial charge in [0.05, 0.1) is 5.39 Å². The number of thioether (sulfide) groups is 1. The molecule has 0 fully saturated rings. The lowest BCUT2D eigenvalue weighted by molar-refractivity contribution is -0.125. The van der Waals surface area contributed by atoms with Gasteiger partial charge in [-0.1, -0.05) is 17.8 Å². The minimum Gasteiger partial charge on any atom is -0.356 e. The number of nitrogens with one attached hydrogen (secondary N) is 2. The summed E-state index contributed by atoms with van der Waals surface area (Å²) in [7, 11) is 0. The van der Waals surface area contributed by atoms with Crippen molar-refractivity contribution in [3.8, 4) is 0 Å². The first-order valence-electron chi connectivity index (χ1n) is 9.76. The van der Waals surface area contributed by atoms with Gasteiger partial charge in [-0.2, -0.15) is 0 Å². The molecular formula is C21H20N4O2S2. The summed E-state index contributed by atoms with van der Waals surface area (Å²) in [5.74, 6) is 0.967. The molecule has 29 heavy (non-hydrogen) atoms. The van der Waals surface area contributed by atoms with E-state index in [2.05, 4.69) is 20.6 Å². The Morgan fingerprint density at radius 1 is 1.31 bits per heavy atom. The minimum atomic E-state index is 0.0335. The van der Waals surface area contributed by atoms with Gasteiger partial charge in [-0.05, 0) is 49.4 Å². The van der Waals surface area contributed by atoms with Crippen molar-refractivity contribution >= 4 is 55.8 Å². The molecule has 6 nitrogen and oxygen atoms in total. The van der Waals surface area contributed by atoms with E-state index in [0.717, 1.165) is 51.4 Å². The van der Waals surface area contributed by atoms with Crippen molar-refractivity contribution in [3.05, 3.63) is 40.5 Å². The third-order valence-corrected chi connectivity index (χ3v) is 7.59. The molecule has 1 unspecified atom stereocenters. The zero-order chi connectivity index (χ0) is 20.0. The molecule has 0 saturated heterocycles. The maximum atomic E-state index is 12.3. The molecule has 3 aromatic rings. The van der Waals surface area contributed by atoms with Crippen LogP contribution < -0.4 is 10.6 Å². The lowest BCUT2D eigenvalue weighted by Crippen LogP contribution is -2.33. The van der Waals surface area contributed by atoms with Gasteiger partial charge in [0.1, 0.15) is 17.0 Å². The van der Waals surface area contributed by atoms with Gasteiger partial charge < -0.3 is 10.6 Å². The predicted molar refractivity (Wildman–Crippen MR) is 116 cm³/mol. The molecule has 8 heteroatoms. The van der Waals surface area contributed by atoms with E-state index >= 15 is 0 Å². The van der Waals surface area contributed by atoms with Crippen LogP contribution in [0.25, 0.3) is 10.2 Å². The van der Waals surface area contributed by atoms with Gasteiger partial charge in [0, 0.05) is 34.3 Å². The first-order valence-corrected chi connectivity index (χ1v) is 11.4. The Kier molecular flexibility index (Phi) is 4.75. The number of fused-ring (bicyclic) bond motifs is 4. The van der Waals surface area contributed by atoms with E-state index in [4.69, 9.17) is 0 Å². The SMILES string of the molecule is CCNC(=O)C1CCc2c(sc3ncnc(Nc4ccc5c(c4)SC(=O)C5)c23)C1. The number of hydrogen-bond acceptors (Lipinski definition) is 7.